The SMILES string of the molecule is CC1CN(C(=O)N[C@@H]2CCCCc3cc(-c4ccnc(Nc5cn[nH]c5)n4)ccc32)C1. The van der Waals surface area contributed by atoms with Crippen molar-refractivity contribution in [2.45, 2.75) is 38.6 Å². The molecule has 8 nitrogen and oxygen atoms in total. The lowest BCUT2D eigenvalue weighted by molar-refractivity contribution is 0.126. The number of carbonyl (C=O) groups is 1. The molecule has 31 heavy (non-hydrogen) atoms. The van der Waals surface area contributed by atoms with Crippen molar-refractivity contribution < 1.29 is 4.79 Å². The second kappa shape index (κ2) is 8.37. The molecule has 1 aliphatic heterocycles. The average molecular weight is 418 g/mol. The maximum atomic E-state index is 12.6. The van der Waals surface area contributed by atoms with Gasteiger partial charge in [-0.15, -0.1) is 0 Å². The summed E-state index contributed by atoms with van der Waals surface area (Å²) in [6.07, 6.45) is 9.43. The Morgan fingerprint density at radius 2 is 2.13 bits per heavy atom. The number of nitrogens with zero attached hydrogens (tertiary/aromatic N) is 4. The zero-order valence-corrected chi connectivity index (χ0v) is 17.6. The van der Waals surface area contributed by atoms with Crippen LogP contribution in [0.3, 0.4) is 0 Å². The van der Waals surface area contributed by atoms with Crippen LogP contribution in [-0.4, -0.2) is 44.2 Å². The van der Waals surface area contributed by atoms with Gasteiger partial charge < -0.3 is 15.5 Å². The molecular formula is C23H27N7O. The van der Waals surface area contributed by atoms with Crippen LogP contribution < -0.4 is 10.6 Å². The molecule has 1 aliphatic carbocycles. The summed E-state index contributed by atoms with van der Waals surface area (Å²) in [6, 6.07) is 8.52. The topological polar surface area (TPSA) is 98.8 Å². The minimum Gasteiger partial charge on any atom is -0.331 e. The highest BCUT2D eigenvalue weighted by atomic mass is 16.2. The normalized spacial score (nSPS) is 18.6. The number of amides is 2. The number of H-pyrrole nitrogens is 1. The number of carbonyl (C=O) groups excluding carboxylic acids is 1. The van der Waals surface area contributed by atoms with Crippen LogP contribution in [0.1, 0.15) is 43.4 Å². The summed E-state index contributed by atoms with van der Waals surface area (Å²) in [6.45, 7) is 3.88. The van der Waals surface area contributed by atoms with Crippen LogP contribution in [0.15, 0.2) is 42.9 Å². The molecule has 0 spiro atoms. The quantitative estimate of drug-likeness (QED) is 0.557. The van der Waals surface area contributed by atoms with Crippen LogP contribution >= 0.6 is 0 Å². The molecule has 3 N–H and O–H groups in total. The lowest BCUT2D eigenvalue weighted by atomic mass is 9.95. The van der Waals surface area contributed by atoms with Gasteiger partial charge in [-0.25, -0.2) is 14.8 Å². The Bertz CT molecular complexity index is 1060. The predicted molar refractivity (Wildman–Crippen MR) is 119 cm³/mol. The number of likely N-dealkylation sites (tertiary alicyclic amines) is 1. The van der Waals surface area contributed by atoms with Gasteiger partial charge in [-0.3, -0.25) is 5.10 Å². The first-order valence-electron chi connectivity index (χ1n) is 10.9. The summed E-state index contributed by atoms with van der Waals surface area (Å²) in [5, 5.41) is 13.1. The first kappa shape index (κ1) is 19.5. The van der Waals surface area contributed by atoms with E-state index in [4.69, 9.17) is 0 Å². The lowest BCUT2D eigenvalue weighted by Gasteiger charge is -2.38. The zero-order valence-electron chi connectivity index (χ0n) is 17.6. The standard InChI is InChI=1S/C23H27N7O/c1-15-13-30(14-15)23(31)29-21-5-3-2-4-16-10-17(6-7-19(16)21)20-8-9-24-22(28-20)27-18-11-25-26-12-18/h6-12,15,21H,2-5,13-14H2,1H3,(H,25,26)(H,29,31)(H,24,27,28)/t21-/m1/s1. The van der Waals surface area contributed by atoms with Crippen LogP contribution in [0.25, 0.3) is 11.3 Å². The van der Waals surface area contributed by atoms with E-state index in [1.165, 1.54) is 11.1 Å². The van der Waals surface area contributed by atoms with E-state index in [2.05, 4.69) is 55.9 Å². The third kappa shape index (κ3) is 4.23. The molecule has 0 unspecified atom stereocenters. The van der Waals surface area contributed by atoms with Crippen LogP contribution in [0.5, 0.6) is 0 Å². The first-order chi connectivity index (χ1) is 15.2. The number of aromatic nitrogens is 4. The number of urea groups is 1. The van der Waals surface area contributed by atoms with Crippen LogP contribution in [0.2, 0.25) is 0 Å². The Balaban J connectivity index is 1.37. The fourth-order valence-electron chi connectivity index (χ4n) is 4.42. The van der Waals surface area contributed by atoms with Crippen molar-refractivity contribution in [1.82, 2.24) is 30.4 Å². The molecule has 5 rings (SSSR count). The van der Waals surface area contributed by atoms with Crippen LogP contribution in [-0.2, 0) is 6.42 Å². The third-order valence-electron chi connectivity index (χ3n) is 6.06. The Labute approximate surface area is 181 Å². The van der Waals surface area contributed by atoms with Crippen molar-refractivity contribution in [2.75, 3.05) is 18.4 Å². The van der Waals surface area contributed by atoms with Gasteiger partial charge in [0.1, 0.15) is 0 Å². The number of rotatable bonds is 4. The molecule has 2 aliphatic rings. The fourth-order valence-corrected chi connectivity index (χ4v) is 4.42. The highest BCUT2D eigenvalue weighted by Crippen LogP contribution is 2.32. The Hall–Kier alpha value is -3.42. The van der Waals surface area contributed by atoms with Gasteiger partial charge in [0.15, 0.2) is 0 Å². The predicted octanol–water partition coefficient (Wildman–Crippen LogP) is 4.04. The number of fused-ring (bicyclic) bond motifs is 1. The van der Waals surface area contributed by atoms with E-state index in [0.29, 0.717) is 11.9 Å². The van der Waals surface area contributed by atoms with E-state index < -0.39 is 0 Å². The zero-order chi connectivity index (χ0) is 21.2. The largest absolute Gasteiger partial charge is 0.331 e. The molecule has 3 aromatic rings. The Morgan fingerprint density at radius 1 is 1.23 bits per heavy atom. The summed E-state index contributed by atoms with van der Waals surface area (Å²) in [5.41, 5.74) is 5.26. The molecule has 8 heteroatoms. The molecular weight excluding hydrogens is 390 g/mol. The minimum atomic E-state index is 0.0609. The molecule has 0 bridgehead atoms. The number of hydrogen-bond donors (Lipinski definition) is 3. The number of aryl methyl sites for hydroxylation is 1. The molecule has 3 heterocycles. The summed E-state index contributed by atoms with van der Waals surface area (Å²) in [5.74, 6) is 1.14. The maximum Gasteiger partial charge on any atom is 0.317 e. The molecule has 1 fully saturated rings. The van der Waals surface area contributed by atoms with Gasteiger partial charge in [-0.2, -0.15) is 5.10 Å². The van der Waals surface area contributed by atoms with E-state index in [9.17, 15) is 4.79 Å². The molecule has 1 saturated heterocycles. The lowest BCUT2D eigenvalue weighted by Crippen LogP contribution is -2.53. The van der Waals surface area contributed by atoms with Crippen molar-refractivity contribution in [3.8, 4) is 11.3 Å². The maximum absolute atomic E-state index is 12.6. The van der Waals surface area contributed by atoms with Crippen molar-refractivity contribution >= 4 is 17.7 Å². The molecule has 2 aromatic heterocycles. The van der Waals surface area contributed by atoms with Crippen LogP contribution in [0, 0.1) is 5.92 Å². The number of nitrogens with one attached hydrogen (secondary N) is 3. The molecule has 160 valence electrons. The van der Waals surface area contributed by atoms with Gasteiger partial charge in [0.2, 0.25) is 5.95 Å². The summed E-state index contributed by atoms with van der Waals surface area (Å²) < 4.78 is 0. The second-order valence-electron chi connectivity index (χ2n) is 8.55. The fraction of sp³-hybridized carbons (Fsp3) is 0.391. The van der Waals surface area contributed by atoms with Crippen molar-refractivity contribution in [3.05, 3.63) is 54.0 Å². The van der Waals surface area contributed by atoms with Gasteiger partial charge >= 0.3 is 6.03 Å². The third-order valence-corrected chi connectivity index (χ3v) is 6.06. The smallest absolute Gasteiger partial charge is 0.317 e. The van der Waals surface area contributed by atoms with Gasteiger partial charge in [0.05, 0.1) is 23.6 Å². The first-order valence-corrected chi connectivity index (χ1v) is 10.9. The number of benzene rings is 1. The highest BCUT2D eigenvalue weighted by Gasteiger charge is 2.29. The number of hydrogen-bond acceptors (Lipinski definition) is 5. The molecule has 1 aromatic carbocycles. The van der Waals surface area contributed by atoms with Crippen molar-refractivity contribution in [1.29, 1.82) is 0 Å². The van der Waals surface area contributed by atoms with E-state index in [1.54, 1.807) is 18.6 Å². The highest BCUT2D eigenvalue weighted by molar-refractivity contribution is 5.76. The van der Waals surface area contributed by atoms with Gasteiger partial charge in [-0.05, 0) is 48.4 Å². The van der Waals surface area contributed by atoms with Gasteiger partial charge in [0, 0.05) is 31.0 Å². The van der Waals surface area contributed by atoms with Crippen molar-refractivity contribution in [2.24, 2.45) is 5.92 Å². The monoisotopic (exact) mass is 417 g/mol. The molecule has 0 radical (unpaired) electrons. The number of anilines is 2. The molecule has 0 saturated carbocycles. The van der Waals surface area contributed by atoms with E-state index in [1.807, 2.05) is 11.0 Å². The minimum absolute atomic E-state index is 0.0609. The number of aromatic amines is 1. The van der Waals surface area contributed by atoms with Crippen molar-refractivity contribution in [3.63, 3.8) is 0 Å². The second-order valence-corrected chi connectivity index (χ2v) is 8.55. The van der Waals surface area contributed by atoms with Gasteiger partial charge in [-0.1, -0.05) is 25.5 Å². The van der Waals surface area contributed by atoms with Gasteiger partial charge in [0.25, 0.3) is 0 Å². The summed E-state index contributed by atoms with van der Waals surface area (Å²) in [7, 11) is 0. The molecule has 2 amide bonds. The summed E-state index contributed by atoms with van der Waals surface area (Å²) in [4.78, 5) is 23.5. The van der Waals surface area contributed by atoms with E-state index in [0.717, 1.165) is 55.7 Å². The van der Waals surface area contributed by atoms with E-state index >= 15 is 0 Å². The van der Waals surface area contributed by atoms with Crippen LogP contribution in [0.4, 0.5) is 16.4 Å². The Kier molecular flexibility index (Phi) is 5.28. The van der Waals surface area contributed by atoms with E-state index in [-0.39, 0.29) is 12.1 Å². The molecule has 1 atom stereocenters. The average Bonchev–Trinajstić information content (AvgIpc) is 3.18. The summed E-state index contributed by atoms with van der Waals surface area (Å²) >= 11 is 0. The Morgan fingerprint density at radius 3 is 2.94 bits per heavy atom.